The highest BCUT2D eigenvalue weighted by Crippen LogP contribution is 2.36. The largest absolute Gasteiger partial charge is 0.351 e. The van der Waals surface area contributed by atoms with Gasteiger partial charge in [-0.15, -0.1) is 0 Å². The minimum absolute atomic E-state index is 0.0352. The molecular weight excluding hydrogens is 328 g/mol. The molecule has 26 heavy (non-hydrogen) atoms. The van der Waals surface area contributed by atoms with Crippen molar-refractivity contribution in [3.63, 3.8) is 0 Å². The summed E-state index contributed by atoms with van der Waals surface area (Å²) in [7, 11) is 0. The Labute approximate surface area is 153 Å². The first-order valence-electron chi connectivity index (χ1n) is 9.26. The van der Waals surface area contributed by atoms with E-state index in [1.54, 1.807) is 0 Å². The van der Waals surface area contributed by atoms with Crippen LogP contribution in [0.1, 0.15) is 45.5 Å². The minimum atomic E-state index is 0.0352. The molecule has 2 aliphatic rings. The smallest absolute Gasteiger partial charge is 0.274 e. The predicted octanol–water partition coefficient (Wildman–Crippen LogP) is 2.09. The molecule has 2 saturated heterocycles. The van der Waals surface area contributed by atoms with Gasteiger partial charge < -0.3 is 14.8 Å². The molecule has 2 aromatic heterocycles. The fourth-order valence-electron chi connectivity index (χ4n) is 4.39. The quantitative estimate of drug-likeness (QED) is 0.893. The first kappa shape index (κ1) is 17.0. The summed E-state index contributed by atoms with van der Waals surface area (Å²) in [6.07, 6.45) is 1.09. The normalized spacial score (nSPS) is 22.2. The number of H-pyrrole nitrogens is 1. The second kappa shape index (κ2) is 6.07. The van der Waals surface area contributed by atoms with E-state index in [0.29, 0.717) is 17.7 Å². The van der Waals surface area contributed by atoms with Crippen LogP contribution >= 0.6 is 0 Å². The van der Waals surface area contributed by atoms with Crippen molar-refractivity contribution >= 4 is 11.7 Å². The number of fused-ring (bicyclic) bond motifs is 1. The number of carbonyl (C=O) groups excluding carboxylic acids is 1. The van der Waals surface area contributed by atoms with Gasteiger partial charge in [-0.1, -0.05) is 0 Å². The monoisotopic (exact) mass is 354 g/mol. The van der Waals surface area contributed by atoms with Crippen molar-refractivity contribution in [1.82, 2.24) is 24.8 Å². The lowest BCUT2D eigenvalue weighted by molar-refractivity contribution is 0.0777. The van der Waals surface area contributed by atoms with Crippen molar-refractivity contribution < 1.29 is 4.79 Å². The Morgan fingerprint density at radius 2 is 1.85 bits per heavy atom. The zero-order valence-electron chi connectivity index (χ0n) is 16.1. The lowest BCUT2D eigenvalue weighted by Crippen LogP contribution is -2.38. The average molecular weight is 354 g/mol. The molecule has 138 valence electrons. The van der Waals surface area contributed by atoms with Gasteiger partial charge in [0.25, 0.3) is 5.91 Å². The number of rotatable bonds is 2. The molecule has 2 aliphatic heterocycles. The molecule has 1 N–H and O–H groups in total. The highest BCUT2D eigenvalue weighted by molar-refractivity contribution is 5.93. The lowest BCUT2D eigenvalue weighted by atomic mass is 10.0. The van der Waals surface area contributed by atoms with Crippen LogP contribution in [0.3, 0.4) is 0 Å². The first-order valence-corrected chi connectivity index (χ1v) is 9.26. The van der Waals surface area contributed by atoms with Crippen LogP contribution < -0.4 is 4.90 Å². The zero-order chi connectivity index (χ0) is 18.6. The van der Waals surface area contributed by atoms with E-state index in [1.807, 2.05) is 32.6 Å². The number of nitrogens with one attached hydrogen (secondary N) is 1. The minimum Gasteiger partial charge on any atom is -0.351 e. The summed E-state index contributed by atoms with van der Waals surface area (Å²) >= 11 is 0. The zero-order valence-corrected chi connectivity index (χ0v) is 16.1. The van der Waals surface area contributed by atoms with Gasteiger partial charge >= 0.3 is 0 Å². The molecule has 2 atom stereocenters. The van der Waals surface area contributed by atoms with Gasteiger partial charge in [-0.25, -0.2) is 15.0 Å². The summed E-state index contributed by atoms with van der Waals surface area (Å²) in [5, 5.41) is 0. The van der Waals surface area contributed by atoms with E-state index in [0.717, 1.165) is 60.5 Å². The number of aromatic nitrogens is 4. The Bertz CT molecular complexity index is 873. The molecule has 2 aromatic rings. The van der Waals surface area contributed by atoms with Crippen LogP contribution in [0.5, 0.6) is 0 Å². The molecule has 0 spiro atoms. The number of aryl methyl sites for hydroxylation is 4. The molecule has 2 fully saturated rings. The number of hydrogen-bond acceptors (Lipinski definition) is 5. The maximum absolute atomic E-state index is 12.9. The Morgan fingerprint density at radius 1 is 1.08 bits per heavy atom. The van der Waals surface area contributed by atoms with Crippen LogP contribution in [-0.4, -0.2) is 56.4 Å². The second-order valence-corrected chi connectivity index (χ2v) is 7.62. The topological polar surface area (TPSA) is 78.0 Å². The maximum atomic E-state index is 12.9. The van der Waals surface area contributed by atoms with Crippen molar-refractivity contribution in [2.75, 3.05) is 24.5 Å². The van der Waals surface area contributed by atoms with Gasteiger partial charge in [0.05, 0.1) is 6.04 Å². The van der Waals surface area contributed by atoms with Crippen LogP contribution in [0.25, 0.3) is 0 Å². The van der Waals surface area contributed by atoms with E-state index in [2.05, 4.69) is 26.8 Å². The number of carbonyl (C=O) groups is 1. The molecule has 0 unspecified atom stereocenters. The summed E-state index contributed by atoms with van der Waals surface area (Å²) in [4.78, 5) is 34.0. The fourth-order valence-corrected chi connectivity index (χ4v) is 4.39. The molecule has 0 radical (unpaired) electrons. The van der Waals surface area contributed by atoms with E-state index >= 15 is 0 Å². The van der Waals surface area contributed by atoms with E-state index in [1.165, 1.54) is 0 Å². The molecule has 0 bridgehead atoms. The standard InChI is InChI=1S/C19H26N6O/c1-10-11(2)20-14(5)23-18(10)25-7-6-15-8-24(9-16(15)25)19(26)17-12(3)21-13(4)22-17/h15-16H,6-9H2,1-5H3,(H,21,22)/t15-,16+/m0/s1. The maximum Gasteiger partial charge on any atom is 0.274 e. The third-order valence-electron chi connectivity index (χ3n) is 5.79. The SMILES string of the molecule is Cc1nc(C)c(C)c(N2CC[C@H]3CN(C(=O)c4nc(C)[nH]c4C)C[C@H]32)n1. The van der Waals surface area contributed by atoms with Crippen LogP contribution in [-0.2, 0) is 0 Å². The van der Waals surface area contributed by atoms with Gasteiger partial charge in [0.15, 0.2) is 0 Å². The van der Waals surface area contributed by atoms with Crippen molar-refractivity contribution in [1.29, 1.82) is 0 Å². The van der Waals surface area contributed by atoms with E-state index in [-0.39, 0.29) is 5.91 Å². The van der Waals surface area contributed by atoms with Gasteiger partial charge in [0.1, 0.15) is 23.2 Å². The van der Waals surface area contributed by atoms with Crippen LogP contribution in [0.15, 0.2) is 0 Å². The van der Waals surface area contributed by atoms with Gasteiger partial charge in [-0.2, -0.15) is 0 Å². The Hall–Kier alpha value is -2.44. The highest BCUT2D eigenvalue weighted by Gasteiger charge is 2.44. The molecule has 0 aliphatic carbocycles. The number of likely N-dealkylation sites (tertiary alicyclic amines) is 1. The summed E-state index contributed by atoms with van der Waals surface area (Å²) in [6.45, 7) is 12.4. The van der Waals surface area contributed by atoms with Gasteiger partial charge in [-0.05, 0) is 41.0 Å². The third-order valence-corrected chi connectivity index (χ3v) is 5.79. The van der Waals surface area contributed by atoms with Crippen molar-refractivity contribution in [2.24, 2.45) is 5.92 Å². The molecule has 4 heterocycles. The Morgan fingerprint density at radius 3 is 2.54 bits per heavy atom. The van der Waals surface area contributed by atoms with E-state index in [4.69, 9.17) is 4.98 Å². The van der Waals surface area contributed by atoms with Crippen LogP contribution in [0.2, 0.25) is 0 Å². The van der Waals surface area contributed by atoms with Gasteiger partial charge in [0.2, 0.25) is 0 Å². The summed E-state index contributed by atoms with van der Waals surface area (Å²) < 4.78 is 0. The second-order valence-electron chi connectivity index (χ2n) is 7.62. The summed E-state index contributed by atoms with van der Waals surface area (Å²) in [5.74, 6) is 3.15. The fraction of sp³-hybridized carbons (Fsp3) is 0.579. The number of amides is 1. The molecule has 7 heteroatoms. The van der Waals surface area contributed by atoms with Crippen LogP contribution in [0.4, 0.5) is 5.82 Å². The van der Waals surface area contributed by atoms with Gasteiger partial charge in [0, 0.05) is 42.5 Å². The molecule has 1 amide bonds. The number of imidazole rings is 1. The molecule has 7 nitrogen and oxygen atoms in total. The predicted molar refractivity (Wildman–Crippen MR) is 99.4 cm³/mol. The first-order chi connectivity index (χ1) is 12.3. The summed E-state index contributed by atoms with van der Waals surface area (Å²) in [5.41, 5.74) is 3.57. The Balaban J connectivity index is 1.58. The molecule has 0 saturated carbocycles. The molecule has 0 aromatic carbocycles. The number of anilines is 1. The average Bonchev–Trinajstić information content (AvgIpc) is 3.24. The number of hydrogen-bond donors (Lipinski definition) is 1. The lowest BCUT2D eigenvalue weighted by Gasteiger charge is -2.27. The van der Waals surface area contributed by atoms with E-state index in [9.17, 15) is 4.79 Å². The van der Waals surface area contributed by atoms with Crippen LogP contribution in [0, 0.1) is 40.5 Å². The van der Waals surface area contributed by atoms with Gasteiger partial charge in [-0.3, -0.25) is 4.79 Å². The van der Waals surface area contributed by atoms with Crippen molar-refractivity contribution in [3.8, 4) is 0 Å². The highest BCUT2D eigenvalue weighted by atomic mass is 16.2. The Kier molecular flexibility index (Phi) is 3.97. The summed E-state index contributed by atoms with van der Waals surface area (Å²) in [6, 6.07) is 0.326. The third kappa shape index (κ3) is 2.66. The van der Waals surface area contributed by atoms with E-state index < -0.39 is 0 Å². The molecule has 4 rings (SSSR count). The van der Waals surface area contributed by atoms with Crippen molar-refractivity contribution in [3.05, 3.63) is 34.3 Å². The van der Waals surface area contributed by atoms with Crippen molar-refractivity contribution in [2.45, 2.75) is 47.1 Å². The number of nitrogens with zero attached hydrogens (tertiary/aromatic N) is 5. The molecular formula is C19H26N6O. The number of aromatic amines is 1.